The van der Waals surface area contributed by atoms with Crippen LogP contribution in [0.25, 0.3) is 0 Å². The van der Waals surface area contributed by atoms with Crippen LogP contribution < -0.4 is 5.73 Å². The number of nitrogens with zero attached hydrogens (tertiary/aromatic N) is 1. The third kappa shape index (κ3) is 5.38. The Morgan fingerprint density at radius 2 is 1.89 bits per heavy atom. The second kappa shape index (κ2) is 8.63. The van der Waals surface area contributed by atoms with Crippen molar-refractivity contribution in [3.63, 3.8) is 0 Å². The number of aliphatic hydroxyl groups is 1. The average molecular weight is 266 g/mol. The van der Waals surface area contributed by atoms with E-state index in [-0.39, 0.29) is 12.5 Å². The molecule has 0 aliphatic heterocycles. The fourth-order valence-electron chi connectivity index (χ4n) is 1.76. The molecule has 0 bridgehead atoms. The fraction of sp³-hybridized carbons (Fsp3) is 0.500. The van der Waals surface area contributed by atoms with E-state index >= 15 is 0 Å². The van der Waals surface area contributed by atoms with Gasteiger partial charge in [-0.1, -0.05) is 24.3 Å². The van der Waals surface area contributed by atoms with E-state index < -0.39 is 0 Å². The zero-order valence-electron chi connectivity index (χ0n) is 11.3. The number of amides is 1. The first-order valence-corrected chi connectivity index (χ1v) is 6.36. The van der Waals surface area contributed by atoms with Crippen LogP contribution in [0.15, 0.2) is 24.3 Å². The van der Waals surface area contributed by atoms with E-state index in [1.807, 2.05) is 24.3 Å². The predicted molar refractivity (Wildman–Crippen MR) is 73.6 cm³/mol. The molecule has 19 heavy (non-hydrogen) atoms. The Morgan fingerprint density at radius 3 is 2.42 bits per heavy atom. The molecule has 0 atom stereocenters. The van der Waals surface area contributed by atoms with Gasteiger partial charge in [-0.15, -0.1) is 0 Å². The number of hydrogen-bond acceptors (Lipinski definition) is 4. The second-order valence-electron chi connectivity index (χ2n) is 4.29. The van der Waals surface area contributed by atoms with Crippen molar-refractivity contribution in [1.82, 2.24) is 4.90 Å². The molecular formula is C14H22N2O3. The van der Waals surface area contributed by atoms with Gasteiger partial charge in [0.2, 0.25) is 5.91 Å². The quantitative estimate of drug-likeness (QED) is 0.702. The SMILES string of the molecule is COCCN(CCO)C(=O)Cc1ccc(CN)cc1. The smallest absolute Gasteiger partial charge is 0.227 e. The lowest BCUT2D eigenvalue weighted by Crippen LogP contribution is -2.37. The molecule has 1 amide bonds. The van der Waals surface area contributed by atoms with Crippen LogP contribution in [0, 0.1) is 0 Å². The van der Waals surface area contributed by atoms with Crippen LogP contribution in [0.5, 0.6) is 0 Å². The third-order valence-corrected chi connectivity index (χ3v) is 2.90. The number of methoxy groups -OCH3 is 1. The Morgan fingerprint density at radius 1 is 1.26 bits per heavy atom. The van der Waals surface area contributed by atoms with E-state index in [4.69, 9.17) is 15.6 Å². The van der Waals surface area contributed by atoms with E-state index in [0.29, 0.717) is 32.7 Å². The first kappa shape index (κ1) is 15.6. The van der Waals surface area contributed by atoms with Gasteiger partial charge in [-0.2, -0.15) is 0 Å². The van der Waals surface area contributed by atoms with Crippen molar-refractivity contribution < 1.29 is 14.6 Å². The molecule has 0 spiro atoms. The molecule has 0 fully saturated rings. The van der Waals surface area contributed by atoms with E-state index in [2.05, 4.69) is 0 Å². The van der Waals surface area contributed by atoms with Gasteiger partial charge in [-0.25, -0.2) is 0 Å². The van der Waals surface area contributed by atoms with Gasteiger partial charge in [0.25, 0.3) is 0 Å². The summed E-state index contributed by atoms with van der Waals surface area (Å²) in [6, 6.07) is 7.67. The maximum absolute atomic E-state index is 12.1. The van der Waals surface area contributed by atoms with Crippen LogP contribution in [0.4, 0.5) is 0 Å². The molecule has 0 saturated carbocycles. The number of aliphatic hydroxyl groups excluding tert-OH is 1. The van der Waals surface area contributed by atoms with Crippen molar-refractivity contribution in [3.05, 3.63) is 35.4 Å². The minimum atomic E-state index is -0.0401. The van der Waals surface area contributed by atoms with Gasteiger partial charge in [-0.05, 0) is 11.1 Å². The first-order valence-electron chi connectivity index (χ1n) is 6.36. The molecule has 0 aliphatic carbocycles. The number of carbonyl (C=O) groups is 1. The summed E-state index contributed by atoms with van der Waals surface area (Å²) in [5.74, 6) is -0.00778. The molecule has 0 unspecified atom stereocenters. The Bertz CT molecular complexity index is 379. The number of nitrogens with two attached hydrogens (primary N) is 1. The normalized spacial score (nSPS) is 10.5. The maximum Gasteiger partial charge on any atom is 0.227 e. The van der Waals surface area contributed by atoms with Crippen molar-refractivity contribution in [1.29, 1.82) is 0 Å². The van der Waals surface area contributed by atoms with E-state index in [0.717, 1.165) is 11.1 Å². The summed E-state index contributed by atoms with van der Waals surface area (Å²) in [7, 11) is 1.59. The van der Waals surface area contributed by atoms with Crippen LogP contribution in [-0.2, 0) is 22.5 Å². The van der Waals surface area contributed by atoms with Crippen molar-refractivity contribution in [2.75, 3.05) is 33.4 Å². The zero-order chi connectivity index (χ0) is 14.1. The Labute approximate surface area is 114 Å². The maximum atomic E-state index is 12.1. The van der Waals surface area contributed by atoms with Gasteiger partial charge in [0.05, 0.1) is 19.6 Å². The molecule has 1 aromatic rings. The predicted octanol–water partition coefficient (Wildman–Crippen LogP) is 0.155. The molecular weight excluding hydrogens is 244 g/mol. The van der Waals surface area contributed by atoms with E-state index in [1.165, 1.54) is 0 Å². The summed E-state index contributed by atoms with van der Waals surface area (Å²) in [4.78, 5) is 13.7. The highest BCUT2D eigenvalue weighted by Crippen LogP contribution is 2.06. The number of rotatable bonds is 8. The van der Waals surface area contributed by atoms with Crippen molar-refractivity contribution in [3.8, 4) is 0 Å². The van der Waals surface area contributed by atoms with Crippen LogP contribution in [0.2, 0.25) is 0 Å². The third-order valence-electron chi connectivity index (χ3n) is 2.90. The van der Waals surface area contributed by atoms with Gasteiger partial charge >= 0.3 is 0 Å². The summed E-state index contributed by atoms with van der Waals surface area (Å²) in [6.07, 6.45) is 0.328. The standard InChI is InChI=1S/C14H22N2O3/c1-19-9-7-16(6-8-17)14(18)10-12-2-4-13(11-15)5-3-12/h2-5,17H,6-11,15H2,1H3. The largest absolute Gasteiger partial charge is 0.395 e. The highest BCUT2D eigenvalue weighted by Gasteiger charge is 2.13. The van der Waals surface area contributed by atoms with Crippen LogP contribution in [0.3, 0.4) is 0 Å². The summed E-state index contributed by atoms with van der Waals surface area (Å²) < 4.78 is 4.96. The van der Waals surface area contributed by atoms with Crippen molar-refractivity contribution in [2.45, 2.75) is 13.0 Å². The lowest BCUT2D eigenvalue weighted by Gasteiger charge is -2.21. The molecule has 0 aliphatic rings. The van der Waals surface area contributed by atoms with E-state index in [9.17, 15) is 4.79 Å². The first-order chi connectivity index (χ1) is 9.21. The molecule has 0 aromatic heterocycles. The lowest BCUT2D eigenvalue weighted by molar-refractivity contribution is -0.131. The lowest BCUT2D eigenvalue weighted by atomic mass is 10.1. The molecule has 0 saturated heterocycles. The highest BCUT2D eigenvalue weighted by atomic mass is 16.5. The Balaban J connectivity index is 2.58. The minimum Gasteiger partial charge on any atom is -0.395 e. The minimum absolute atomic E-state index is 0.00778. The summed E-state index contributed by atoms with van der Waals surface area (Å²) in [6.45, 7) is 1.76. The average Bonchev–Trinajstić information content (AvgIpc) is 2.44. The highest BCUT2D eigenvalue weighted by molar-refractivity contribution is 5.78. The molecule has 5 heteroatoms. The number of carbonyl (C=O) groups excluding carboxylic acids is 1. The topological polar surface area (TPSA) is 75.8 Å². The van der Waals surface area contributed by atoms with Crippen molar-refractivity contribution >= 4 is 5.91 Å². The van der Waals surface area contributed by atoms with Gasteiger partial charge in [0, 0.05) is 26.7 Å². The molecule has 0 heterocycles. The van der Waals surface area contributed by atoms with Crippen LogP contribution in [-0.4, -0.2) is 49.3 Å². The van der Waals surface area contributed by atoms with Crippen LogP contribution in [0.1, 0.15) is 11.1 Å². The second-order valence-corrected chi connectivity index (χ2v) is 4.29. The molecule has 1 rings (SSSR count). The monoisotopic (exact) mass is 266 g/mol. The molecule has 1 aromatic carbocycles. The van der Waals surface area contributed by atoms with Gasteiger partial charge in [-0.3, -0.25) is 4.79 Å². The van der Waals surface area contributed by atoms with E-state index in [1.54, 1.807) is 12.0 Å². The summed E-state index contributed by atoms with van der Waals surface area (Å²) in [5.41, 5.74) is 7.52. The van der Waals surface area contributed by atoms with Gasteiger partial charge in [0.1, 0.15) is 0 Å². The Hall–Kier alpha value is -1.43. The zero-order valence-corrected chi connectivity index (χ0v) is 11.3. The molecule has 5 nitrogen and oxygen atoms in total. The van der Waals surface area contributed by atoms with Crippen molar-refractivity contribution in [2.24, 2.45) is 5.73 Å². The summed E-state index contributed by atoms with van der Waals surface area (Å²) >= 11 is 0. The summed E-state index contributed by atoms with van der Waals surface area (Å²) in [5, 5.41) is 8.97. The Kier molecular flexibility index (Phi) is 7.10. The molecule has 0 radical (unpaired) electrons. The van der Waals surface area contributed by atoms with Gasteiger partial charge < -0.3 is 20.5 Å². The number of benzene rings is 1. The van der Waals surface area contributed by atoms with Gasteiger partial charge in [0.15, 0.2) is 0 Å². The number of hydrogen-bond donors (Lipinski definition) is 2. The fourth-order valence-corrected chi connectivity index (χ4v) is 1.76. The molecule has 106 valence electrons. The van der Waals surface area contributed by atoms with Crippen LogP contribution >= 0.6 is 0 Å². The molecule has 3 N–H and O–H groups in total. The number of ether oxygens (including phenoxy) is 1.